The van der Waals surface area contributed by atoms with Crippen molar-refractivity contribution in [2.24, 2.45) is 0 Å². The van der Waals surface area contributed by atoms with Crippen LogP contribution in [0.4, 0.5) is 4.79 Å². The third kappa shape index (κ3) is 5.21. The third-order valence-electron chi connectivity index (χ3n) is 1.54. The zero-order valence-electron chi connectivity index (χ0n) is 9.16. The Balaban J connectivity index is 2.55. The molecular weight excluding hydrogens is 248 g/mol. The topological polar surface area (TPSA) is 78.9 Å². The molecule has 0 heterocycles. The van der Waals surface area contributed by atoms with E-state index in [0.29, 0.717) is 6.42 Å². The normalized spacial score (nSPS) is 10.6. The first-order valence-corrected chi connectivity index (χ1v) is 6.22. The number of carbonyl (C=O) groups excluding carboxylic acids is 1. The maximum absolute atomic E-state index is 11.2. The average molecular weight is 260 g/mol. The molecule has 0 aliphatic carbocycles. The summed E-state index contributed by atoms with van der Waals surface area (Å²) in [7, 11) is -4.44. The SMILES string of the molecule is CCCOC(=O)OS(=O)(=O)Oc1ccccc1. The molecule has 0 aliphatic heterocycles. The van der Waals surface area contributed by atoms with Gasteiger partial charge in [-0.3, -0.25) is 4.18 Å². The number of ether oxygens (including phenoxy) is 1. The lowest BCUT2D eigenvalue weighted by molar-refractivity contribution is 0.0976. The predicted molar refractivity (Wildman–Crippen MR) is 58.7 cm³/mol. The van der Waals surface area contributed by atoms with Gasteiger partial charge in [-0.2, -0.15) is 0 Å². The van der Waals surface area contributed by atoms with Crippen LogP contribution < -0.4 is 4.18 Å². The fraction of sp³-hybridized carbons (Fsp3) is 0.300. The Labute approximate surface area is 99.4 Å². The second-order valence-electron chi connectivity index (χ2n) is 2.99. The van der Waals surface area contributed by atoms with Crippen molar-refractivity contribution in [1.82, 2.24) is 0 Å². The largest absolute Gasteiger partial charge is 0.526 e. The summed E-state index contributed by atoms with van der Waals surface area (Å²) in [5, 5.41) is 0. The highest BCUT2D eigenvalue weighted by molar-refractivity contribution is 7.82. The highest BCUT2D eigenvalue weighted by Crippen LogP contribution is 2.12. The van der Waals surface area contributed by atoms with Crippen molar-refractivity contribution >= 4 is 16.6 Å². The lowest BCUT2D eigenvalue weighted by Gasteiger charge is -2.06. The maximum atomic E-state index is 11.2. The summed E-state index contributed by atoms with van der Waals surface area (Å²) in [5.74, 6) is 0.0517. The number of hydrogen-bond acceptors (Lipinski definition) is 6. The zero-order valence-corrected chi connectivity index (χ0v) is 9.98. The molecule has 6 nitrogen and oxygen atoms in total. The second-order valence-corrected chi connectivity index (χ2v) is 4.14. The Bertz CT molecular complexity index is 453. The van der Waals surface area contributed by atoms with Crippen molar-refractivity contribution in [2.75, 3.05) is 6.61 Å². The summed E-state index contributed by atoms with van der Waals surface area (Å²) < 4.78 is 35.4. The van der Waals surface area contributed by atoms with Crippen LogP contribution in [0, 0.1) is 0 Å². The molecule has 0 saturated carbocycles. The summed E-state index contributed by atoms with van der Waals surface area (Å²) in [6.45, 7) is 1.85. The van der Waals surface area contributed by atoms with E-state index in [2.05, 4.69) is 13.1 Å². The summed E-state index contributed by atoms with van der Waals surface area (Å²) in [4.78, 5) is 10.9. The van der Waals surface area contributed by atoms with E-state index in [1.165, 1.54) is 12.1 Å². The summed E-state index contributed by atoms with van der Waals surface area (Å²) in [6.07, 6.45) is -0.739. The summed E-state index contributed by atoms with van der Waals surface area (Å²) in [6, 6.07) is 7.69. The minimum absolute atomic E-state index is 0.0517. The van der Waals surface area contributed by atoms with Gasteiger partial charge in [-0.1, -0.05) is 25.1 Å². The van der Waals surface area contributed by atoms with Crippen molar-refractivity contribution in [1.29, 1.82) is 0 Å². The molecule has 0 unspecified atom stereocenters. The number of rotatable bonds is 5. The summed E-state index contributed by atoms with van der Waals surface area (Å²) in [5.41, 5.74) is 0. The minimum atomic E-state index is -4.44. The molecule has 0 bridgehead atoms. The van der Waals surface area contributed by atoms with Crippen LogP contribution in [0.2, 0.25) is 0 Å². The molecule has 17 heavy (non-hydrogen) atoms. The van der Waals surface area contributed by atoms with Gasteiger partial charge in [0, 0.05) is 0 Å². The van der Waals surface area contributed by atoms with E-state index >= 15 is 0 Å². The molecule has 0 aliphatic rings. The van der Waals surface area contributed by atoms with E-state index in [1.54, 1.807) is 25.1 Å². The van der Waals surface area contributed by atoms with Crippen molar-refractivity contribution in [3.05, 3.63) is 30.3 Å². The fourth-order valence-electron chi connectivity index (χ4n) is 0.904. The maximum Gasteiger partial charge on any atom is 0.526 e. The van der Waals surface area contributed by atoms with E-state index in [9.17, 15) is 13.2 Å². The van der Waals surface area contributed by atoms with Gasteiger partial charge in [-0.15, -0.1) is 8.42 Å². The molecule has 1 aromatic carbocycles. The molecule has 0 aromatic heterocycles. The van der Waals surface area contributed by atoms with E-state index in [0.717, 1.165) is 0 Å². The van der Waals surface area contributed by atoms with Crippen molar-refractivity contribution in [3.63, 3.8) is 0 Å². The zero-order chi connectivity index (χ0) is 12.7. The Morgan fingerprint density at radius 2 is 1.88 bits per heavy atom. The Kier molecular flexibility index (Phi) is 4.77. The average Bonchev–Trinajstić information content (AvgIpc) is 2.26. The van der Waals surface area contributed by atoms with Crippen LogP contribution in [0.15, 0.2) is 30.3 Å². The van der Waals surface area contributed by atoms with E-state index in [1.807, 2.05) is 0 Å². The van der Waals surface area contributed by atoms with Crippen LogP contribution in [-0.4, -0.2) is 21.2 Å². The molecule has 0 N–H and O–H groups in total. The molecule has 94 valence electrons. The molecular formula is C10H12O6S. The van der Waals surface area contributed by atoms with Crippen LogP contribution in [0.5, 0.6) is 5.75 Å². The monoisotopic (exact) mass is 260 g/mol. The number of carbonyl (C=O) groups is 1. The van der Waals surface area contributed by atoms with Gasteiger partial charge in [0.15, 0.2) is 0 Å². The standard InChI is InChI=1S/C10H12O6S/c1-2-8-14-10(11)16-17(12,13)15-9-6-4-3-5-7-9/h3-7H,2,8H2,1H3. The van der Waals surface area contributed by atoms with Gasteiger partial charge in [-0.25, -0.2) is 4.79 Å². The second kappa shape index (κ2) is 6.09. The molecule has 0 fully saturated rings. The first kappa shape index (κ1) is 13.3. The molecule has 0 spiro atoms. The highest BCUT2D eigenvalue weighted by atomic mass is 32.3. The van der Waals surface area contributed by atoms with Gasteiger partial charge in [0.25, 0.3) is 0 Å². The number of benzene rings is 1. The quantitative estimate of drug-likeness (QED) is 0.752. The molecule has 1 rings (SSSR count). The van der Waals surface area contributed by atoms with Gasteiger partial charge in [-0.05, 0) is 18.6 Å². The van der Waals surface area contributed by atoms with E-state index in [-0.39, 0.29) is 12.4 Å². The molecule has 1 aromatic rings. The molecule has 0 saturated heterocycles. The Hall–Kier alpha value is -1.76. The lowest BCUT2D eigenvalue weighted by Crippen LogP contribution is -2.19. The highest BCUT2D eigenvalue weighted by Gasteiger charge is 2.20. The van der Waals surface area contributed by atoms with Gasteiger partial charge in [0.05, 0.1) is 6.61 Å². The molecule has 0 atom stereocenters. The van der Waals surface area contributed by atoms with Crippen LogP contribution in [-0.2, 0) is 19.3 Å². The molecule has 0 radical (unpaired) electrons. The lowest BCUT2D eigenvalue weighted by atomic mass is 10.3. The Morgan fingerprint density at radius 3 is 2.47 bits per heavy atom. The van der Waals surface area contributed by atoms with E-state index < -0.39 is 16.6 Å². The fourth-order valence-corrected chi connectivity index (χ4v) is 1.50. The van der Waals surface area contributed by atoms with Crippen molar-refractivity contribution < 1.29 is 26.3 Å². The minimum Gasteiger partial charge on any atom is -0.433 e. The Morgan fingerprint density at radius 1 is 1.24 bits per heavy atom. The van der Waals surface area contributed by atoms with Gasteiger partial charge >= 0.3 is 16.6 Å². The molecule has 0 amide bonds. The van der Waals surface area contributed by atoms with Crippen LogP contribution in [0.1, 0.15) is 13.3 Å². The van der Waals surface area contributed by atoms with Crippen LogP contribution in [0.25, 0.3) is 0 Å². The molecule has 7 heteroatoms. The number of para-hydroxylation sites is 1. The first-order chi connectivity index (χ1) is 8.03. The van der Waals surface area contributed by atoms with Crippen LogP contribution >= 0.6 is 0 Å². The van der Waals surface area contributed by atoms with Crippen molar-refractivity contribution in [2.45, 2.75) is 13.3 Å². The third-order valence-corrected chi connectivity index (χ3v) is 2.27. The first-order valence-electron chi connectivity index (χ1n) is 4.89. The summed E-state index contributed by atoms with van der Waals surface area (Å²) >= 11 is 0. The van der Waals surface area contributed by atoms with Gasteiger partial charge < -0.3 is 8.92 Å². The predicted octanol–water partition coefficient (Wildman–Crippen LogP) is 1.87. The van der Waals surface area contributed by atoms with Crippen LogP contribution in [0.3, 0.4) is 0 Å². The van der Waals surface area contributed by atoms with Crippen molar-refractivity contribution in [3.8, 4) is 5.75 Å². The van der Waals surface area contributed by atoms with Gasteiger partial charge in [0.1, 0.15) is 5.75 Å². The smallest absolute Gasteiger partial charge is 0.433 e. The number of hydrogen-bond donors (Lipinski definition) is 0. The van der Waals surface area contributed by atoms with E-state index in [4.69, 9.17) is 0 Å². The van der Waals surface area contributed by atoms with Gasteiger partial charge in [0.2, 0.25) is 0 Å².